The summed E-state index contributed by atoms with van der Waals surface area (Å²) >= 11 is 3.95. The van der Waals surface area contributed by atoms with Crippen LogP contribution < -0.4 is 18.9 Å². The molecule has 0 amide bonds. The molecule has 1 N–H and O–H groups in total. The second-order valence-electron chi connectivity index (χ2n) is 0.129. The molecule has 0 heterocycles. The predicted octanol–water partition coefficient (Wildman–Crippen LogP) is -3.51. The van der Waals surface area contributed by atoms with Crippen molar-refractivity contribution in [3.8, 4) is 0 Å². The van der Waals surface area contributed by atoms with E-state index in [-0.39, 0.29) is 24.8 Å². The van der Waals surface area contributed by atoms with Gasteiger partial charge in [0.15, 0.2) is 0 Å². The molecule has 0 aliphatic carbocycles. The van der Waals surface area contributed by atoms with Gasteiger partial charge in [0, 0.05) is 0 Å². The van der Waals surface area contributed by atoms with E-state index in [1.165, 1.54) is 0 Å². The Morgan fingerprint density at radius 2 is 1.75 bits per heavy atom. The molecule has 20 valence electrons. The molecule has 0 aliphatic rings. The zero-order chi connectivity index (χ0) is 2.71. The van der Waals surface area contributed by atoms with Crippen molar-refractivity contribution in [3.05, 3.63) is 0 Å². The first kappa shape index (κ1) is 8.86. The Morgan fingerprint density at radius 3 is 1.75 bits per heavy atom. The van der Waals surface area contributed by atoms with Gasteiger partial charge >= 0.3 is 18.9 Å². The molecular weight excluding hydrogens is 67.0 g/mol. The van der Waals surface area contributed by atoms with E-state index in [2.05, 4.69) is 12.6 Å². The van der Waals surface area contributed by atoms with Crippen LogP contribution in [0.2, 0.25) is 0 Å². The van der Waals surface area contributed by atoms with Crippen LogP contribution in [0.1, 0.15) is 0 Å². The SMILES string of the molecule is OC[S-].[Li+]. The van der Waals surface area contributed by atoms with Gasteiger partial charge in [-0.2, -0.15) is 0 Å². The first-order chi connectivity index (χ1) is 1.41. The molecule has 0 bridgehead atoms. The van der Waals surface area contributed by atoms with Gasteiger partial charge in [0.1, 0.15) is 0 Å². The Bertz CT molecular complexity index is 8.00. The molecule has 0 aromatic carbocycles. The van der Waals surface area contributed by atoms with Crippen molar-refractivity contribution >= 4 is 12.6 Å². The van der Waals surface area contributed by atoms with E-state index in [1.54, 1.807) is 0 Å². The van der Waals surface area contributed by atoms with Crippen LogP contribution in [0.5, 0.6) is 0 Å². The van der Waals surface area contributed by atoms with E-state index < -0.39 is 0 Å². The smallest absolute Gasteiger partial charge is 0.765 e. The maximum atomic E-state index is 7.38. The molecule has 0 saturated carbocycles. The molecule has 0 aromatic rings. The van der Waals surface area contributed by atoms with Crippen molar-refractivity contribution in [2.75, 3.05) is 5.94 Å². The van der Waals surface area contributed by atoms with Crippen LogP contribution >= 0.6 is 0 Å². The van der Waals surface area contributed by atoms with Crippen LogP contribution in [0.4, 0.5) is 0 Å². The zero-order valence-electron chi connectivity index (χ0n) is 2.56. The fourth-order valence-electron chi connectivity index (χ4n) is 0. The van der Waals surface area contributed by atoms with Crippen LogP contribution in [-0.2, 0) is 12.6 Å². The molecule has 0 saturated heterocycles. The Balaban J connectivity index is 0. The van der Waals surface area contributed by atoms with E-state index in [0.29, 0.717) is 0 Å². The summed E-state index contributed by atoms with van der Waals surface area (Å²) in [4.78, 5) is 0. The summed E-state index contributed by atoms with van der Waals surface area (Å²) in [6, 6.07) is 0. The second-order valence-corrected chi connectivity index (χ2v) is 0.387. The minimum Gasteiger partial charge on any atom is -0.765 e. The largest absolute Gasteiger partial charge is 1.00 e. The summed E-state index contributed by atoms with van der Waals surface area (Å²) < 4.78 is 0. The van der Waals surface area contributed by atoms with Crippen LogP contribution in [0, 0.1) is 0 Å². The quantitative estimate of drug-likeness (QED) is 0.235. The van der Waals surface area contributed by atoms with Crippen molar-refractivity contribution in [1.82, 2.24) is 0 Å². The van der Waals surface area contributed by atoms with Gasteiger partial charge in [0.2, 0.25) is 0 Å². The van der Waals surface area contributed by atoms with Crippen LogP contribution in [0.15, 0.2) is 0 Å². The molecule has 0 atom stereocenters. The minimum absolute atomic E-state index is 0. The second kappa shape index (κ2) is 9.08. The summed E-state index contributed by atoms with van der Waals surface area (Å²) in [6.07, 6.45) is 0. The van der Waals surface area contributed by atoms with Crippen LogP contribution in [0.25, 0.3) is 0 Å². The van der Waals surface area contributed by atoms with Crippen LogP contribution in [-0.4, -0.2) is 11.0 Å². The summed E-state index contributed by atoms with van der Waals surface area (Å²) in [7, 11) is 0. The first-order valence-electron chi connectivity index (χ1n) is 0.605. The van der Waals surface area contributed by atoms with E-state index in [0.717, 1.165) is 0 Å². The molecule has 0 radical (unpaired) electrons. The standard InChI is InChI=1S/CH4OS.Li/c2-1-3;/h2-3H,1H2;/q;+1/p-1. The zero-order valence-corrected chi connectivity index (χ0v) is 3.38. The number of aliphatic hydroxyl groups excluding tert-OH is 1. The average Bonchev–Trinajstić information content (AvgIpc) is 0.918. The fraction of sp³-hybridized carbons (Fsp3) is 1.00. The monoisotopic (exact) mass is 70.0 g/mol. The van der Waals surface area contributed by atoms with Crippen molar-refractivity contribution in [3.63, 3.8) is 0 Å². The van der Waals surface area contributed by atoms with Gasteiger partial charge in [0.05, 0.1) is 0 Å². The van der Waals surface area contributed by atoms with Crippen molar-refractivity contribution < 1.29 is 24.0 Å². The Hall–Kier alpha value is 0.907. The predicted molar refractivity (Wildman–Crippen MR) is 14.5 cm³/mol. The first-order valence-corrected chi connectivity index (χ1v) is 1.18. The summed E-state index contributed by atoms with van der Waals surface area (Å²) in [5.41, 5.74) is 0. The third-order valence-corrected chi connectivity index (χ3v) is 0. The number of hydrogen-bond donors (Lipinski definition) is 1. The maximum Gasteiger partial charge on any atom is 1.00 e. The van der Waals surface area contributed by atoms with E-state index in [9.17, 15) is 0 Å². The molecule has 0 fully saturated rings. The van der Waals surface area contributed by atoms with Crippen molar-refractivity contribution in [1.29, 1.82) is 0 Å². The van der Waals surface area contributed by atoms with E-state index in [1.807, 2.05) is 0 Å². The minimum atomic E-state index is -0.167. The molecule has 0 rings (SSSR count). The van der Waals surface area contributed by atoms with Crippen molar-refractivity contribution in [2.45, 2.75) is 0 Å². The molecular formula is CH3LiOS. The number of hydrogen-bond acceptors (Lipinski definition) is 2. The fourth-order valence-corrected chi connectivity index (χ4v) is 0. The number of aliphatic hydroxyl groups is 1. The van der Waals surface area contributed by atoms with Gasteiger partial charge < -0.3 is 17.7 Å². The maximum absolute atomic E-state index is 7.38. The third kappa shape index (κ3) is 12.8. The normalized spacial score (nSPS) is 4.50. The van der Waals surface area contributed by atoms with E-state index >= 15 is 0 Å². The summed E-state index contributed by atoms with van der Waals surface area (Å²) in [5, 5.41) is 7.38. The summed E-state index contributed by atoms with van der Waals surface area (Å²) in [5.74, 6) is -0.167. The average molecular weight is 70.0 g/mol. The molecule has 0 aromatic heterocycles. The van der Waals surface area contributed by atoms with Crippen molar-refractivity contribution in [2.24, 2.45) is 0 Å². The molecule has 0 spiro atoms. The van der Waals surface area contributed by atoms with Gasteiger partial charge in [-0.25, -0.2) is 0 Å². The van der Waals surface area contributed by atoms with Gasteiger partial charge in [-0.15, -0.1) is 0 Å². The van der Waals surface area contributed by atoms with Gasteiger partial charge in [-0.1, -0.05) is 5.94 Å². The van der Waals surface area contributed by atoms with E-state index in [4.69, 9.17) is 5.11 Å². The van der Waals surface area contributed by atoms with Gasteiger partial charge in [-0.3, -0.25) is 0 Å². The van der Waals surface area contributed by atoms with Gasteiger partial charge in [0.25, 0.3) is 0 Å². The molecule has 0 aliphatic heterocycles. The van der Waals surface area contributed by atoms with Crippen LogP contribution in [0.3, 0.4) is 0 Å². The topological polar surface area (TPSA) is 20.2 Å². The third-order valence-electron chi connectivity index (χ3n) is 0. The molecule has 4 heavy (non-hydrogen) atoms. The van der Waals surface area contributed by atoms with Gasteiger partial charge in [-0.05, 0) is 0 Å². The molecule has 3 heteroatoms. The molecule has 1 nitrogen and oxygen atoms in total. The molecule has 0 unspecified atom stereocenters. The number of rotatable bonds is 0. The summed E-state index contributed by atoms with van der Waals surface area (Å²) in [6.45, 7) is 0. The Morgan fingerprint density at radius 1 is 1.75 bits per heavy atom. The Kier molecular flexibility index (Phi) is 20.1. The Labute approximate surface area is 43.0 Å².